The van der Waals surface area contributed by atoms with Crippen LogP contribution >= 0.6 is 35.3 Å². The fourth-order valence-corrected chi connectivity index (χ4v) is 3.18. The second kappa shape index (κ2) is 10.0. The Morgan fingerprint density at radius 1 is 1.55 bits per heavy atom. The molecule has 1 unspecified atom stereocenters. The summed E-state index contributed by atoms with van der Waals surface area (Å²) in [6.45, 7) is 4.40. The highest BCUT2D eigenvalue weighted by Gasteiger charge is 2.25. The second-order valence-corrected chi connectivity index (χ2v) is 6.18. The zero-order valence-corrected chi connectivity index (χ0v) is 16.3. The Hall–Kier alpha value is -0.830. The summed E-state index contributed by atoms with van der Waals surface area (Å²) >= 11 is 1.78. The molecule has 1 aromatic rings. The minimum absolute atomic E-state index is 0. The van der Waals surface area contributed by atoms with Gasteiger partial charge in [0.15, 0.2) is 5.96 Å². The SMILES string of the molecule is CCC(=O)N1CCC(NC(=NC)NCCc2cccs2)C1.I. The number of guanidine groups is 1. The first kappa shape index (κ1) is 19.2. The molecule has 1 saturated heterocycles. The number of hydrogen-bond acceptors (Lipinski definition) is 3. The van der Waals surface area contributed by atoms with Gasteiger partial charge in [-0.15, -0.1) is 35.3 Å². The van der Waals surface area contributed by atoms with E-state index in [0.29, 0.717) is 12.5 Å². The van der Waals surface area contributed by atoms with Gasteiger partial charge in [-0.1, -0.05) is 13.0 Å². The molecule has 1 aromatic heterocycles. The van der Waals surface area contributed by atoms with E-state index in [1.165, 1.54) is 4.88 Å². The lowest BCUT2D eigenvalue weighted by Gasteiger charge is -2.18. The Balaban J connectivity index is 0.00000242. The van der Waals surface area contributed by atoms with E-state index < -0.39 is 0 Å². The molecule has 0 aliphatic carbocycles. The van der Waals surface area contributed by atoms with Crippen molar-refractivity contribution in [1.29, 1.82) is 0 Å². The highest BCUT2D eigenvalue weighted by atomic mass is 127. The first-order chi connectivity index (χ1) is 10.2. The van der Waals surface area contributed by atoms with Gasteiger partial charge in [0.05, 0.1) is 0 Å². The van der Waals surface area contributed by atoms with Crippen LogP contribution in [-0.4, -0.2) is 49.5 Å². The van der Waals surface area contributed by atoms with Crippen LogP contribution in [-0.2, 0) is 11.2 Å². The highest BCUT2D eigenvalue weighted by molar-refractivity contribution is 14.0. The van der Waals surface area contributed by atoms with E-state index in [1.54, 1.807) is 18.4 Å². The minimum atomic E-state index is 0. The molecule has 124 valence electrons. The third-order valence-electron chi connectivity index (χ3n) is 3.65. The van der Waals surface area contributed by atoms with E-state index in [4.69, 9.17) is 0 Å². The van der Waals surface area contributed by atoms with Crippen LogP contribution in [0.15, 0.2) is 22.5 Å². The third-order valence-corrected chi connectivity index (χ3v) is 4.59. The number of nitrogens with one attached hydrogen (secondary N) is 2. The van der Waals surface area contributed by atoms with Gasteiger partial charge in [0, 0.05) is 44.0 Å². The average molecular weight is 436 g/mol. The molecule has 1 aliphatic heterocycles. The topological polar surface area (TPSA) is 56.7 Å². The number of thiophene rings is 1. The number of carbonyl (C=O) groups is 1. The molecule has 1 aliphatic rings. The largest absolute Gasteiger partial charge is 0.356 e. The van der Waals surface area contributed by atoms with Gasteiger partial charge < -0.3 is 15.5 Å². The highest BCUT2D eigenvalue weighted by Crippen LogP contribution is 2.10. The first-order valence-electron chi connectivity index (χ1n) is 7.50. The number of halogens is 1. The summed E-state index contributed by atoms with van der Waals surface area (Å²) in [6, 6.07) is 4.52. The zero-order chi connectivity index (χ0) is 15.1. The van der Waals surface area contributed by atoms with Crippen LogP contribution in [0, 0.1) is 0 Å². The maximum Gasteiger partial charge on any atom is 0.222 e. The van der Waals surface area contributed by atoms with Crippen molar-refractivity contribution in [1.82, 2.24) is 15.5 Å². The van der Waals surface area contributed by atoms with Gasteiger partial charge in [-0.25, -0.2) is 0 Å². The standard InChI is InChI=1S/C15H24N4OS.HI/c1-3-14(20)19-9-7-12(11-19)18-15(16-2)17-8-6-13-5-4-10-21-13;/h4-5,10,12H,3,6-9,11H2,1-2H3,(H2,16,17,18);1H. The Kier molecular flexibility index (Phi) is 8.77. The molecule has 0 bridgehead atoms. The van der Waals surface area contributed by atoms with Gasteiger partial charge >= 0.3 is 0 Å². The number of aliphatic imine (C=N–C) groups is 1. The zero-order valence-electron chi connectivity index (χ0n) is 13.2. The fourth-order valence-electron chi connectivity index (χ4n) is 2.48. The second-order valence-electron chi connectivity index (χ2n) is 5.15. The summed E-state index contributed by atoms with van der Waals surface area (Å²) in [5.41, 5.74) is 0. The van der Waals surface area contributed by atoms with Crippen LogP contribution in [0.1, 0.15) is 24.6 Å². The number of amides is 1. The number of rotatable bonds is 5. The van der Waals surface area contributed by atoms with E-state index in [-0.39, 0.29) is 29.9 Å². The molecular weight excluding hydrogens is 411 g/mol. The van der Waals surface area contributed by atoms with Gasteiger partial charge in [0.2, 0.25) is 5.91 Å². The minimum Gasteiger partial charge on any atom is -0.356 e. The molecule has 2 N–H and O–H groups in total. The first-order valence-corrected chi connectivity index (χ1v) is 8.38. The summed E-state index contributed by atoms with van der Waals surface area (Å²) in [7, 11) is 1.78. The number of nitrogens with zero attached hydrogens (tertiary/aromatic N) is 2. The van der Waals surface area contributed by atoms with Gasteiger partial charge in [0.1, 0.15) is 0 Å². The Morgan fingerprint density at radius 2 is 2.36 bits per heavy atom. The molecule has 22 heavy (non-hydrogen) atoms. The number of carbonyl (C=O) groups excluding carboxylic acids is 1. The maximum absolute atomic E-state index is 11.7. The third kappa shape index (κ3) is 5.75. The normalized spacial score (nSPS) is 18.0. The van der Waals surface area contributed by atoms with Crippen molar-refractivity contribution < 1.29 is 4.79 Å². The van der Waals surface area contributed by atoms with Crippen molar-refractivity contribution in [2.45, 2.75) is 32.2 Å². The van der Waals surface area contributed by atoms with E-state index in [1.807, 2.05) is 11.8 Å². The van der Waals surface area contributed by atoms with E-state index in [2.05, 4.69) is 33.1 Å². The van der Waals surface area contributed by atoms with Crippen LogP contribution in [0.5, 0.6) is 0 Å². The Morgan fingerprint density at radius 3 is 3.00 bits per heavy atom. The molecule has 0 aromatic carbocycles. The van der Waals surface area contributed by atoms with Gasteiger partial charge in [0.25, 0.3) is 0 Å². The summed E-state index contributed by atoms with van der Waals surface area (Å²) in [5.74, 6) is 1.06. The van der Waals surface area contributed by atoms with Crippen LogP contribution in [0.25, 0.3) is 0 Å². The average Bonchev–Trinajstić information content (AvgIpc) is 3.16. The van der Waals surface area contributed by atoms with Gasteiger partial charge in [-0.2, -0.15) is 0 Å². The lowest BCUT2D eigenvalue weighted by molar-refractivity contribution is -0.129. The molecule has 2 heterocycles. The van der Waals surface area contributed by atoms with Crippen molar-refractivity contribution >= 4 is 47.2 Å². The van der Waals surface area contributed by atoms with Crippen molar-refractivity contribution in [2.24, 2.45) is 4.99 Å². The lowest BCUT2D eigenvalue weighted by Crippen LogP contribution is -2.45. The molecule has 2 rings (SSSR count). The molecule has 0 radical (unpaired) electrons. The molecule has 1 fully saturated rings. The monoisotopic (exact) mass is 436 g/mol. The number of likely N-dealkylation sites (tertiary alicyclic amines) is 1. The van der Waals surface area contributed by atoms with Crippen LogP contribution in [0.2, 0.25) is 0 Å². The van der Waals surface area contributed by atoms with E-state index in [0.717, 1.165) is 38.4 Å². The Labute approximate surface area is 153 Å². The fraction of sp³-hybridized carbons (Fsp3) is 0.600. The van der Waals surface area contributed by atoms with Crippen molar-refractivity contribution in [2.75, 3.05) is 26.7 Å². The van der Waals surface area contributed by atoms with Crippen LogP contribution < -0.4 is 10.6 Å². The van der Waals surface area contributed by atoms with E-state index in [9.17, 15) is 4.79 Å². The van der Waals surface area contributed by atoms with E-state index >= 15 is 0 Å². The smallest absolute Gasteiger partial charge is 0.222 e. The van der Waals surface area contributed by atoms with Crippen molar-refractivity contribution in [3.63, 3.8) is 0 Å². The quantitative estimate of drug-likeness (QED) is 0.422. The molecule has 0 spiro atoms. The molecular formula is C15H25IN4OS. The molecule has 0 saturated carbocycles. The summed E-state index contributed by atoms with van der Waals surface area (Å²) in [5, 5.41) is 8.84. The number of hydrogen-bond donors (Lipinski definition) is 2. The lowest BCUT2D eigenvalue weighted by atomic mass is 10.3. The Bertz CT molecular complexity index is 478. The molecule has 7 heteroatoms. The molecule has 1 atom stereocenters. The summed E-state index contributed by atoms with van der Waals surface area (Å²) in [6.07, 6.45) is 2.57. The predicted molar refractivity (Wildman–Crippen MR) is 103 cm³/mol. The van der Waals surface area contributed by atoms with Crippen LogP contribution in [0.4, 0.5) is 0 Å². The predicted octanol–water partition coefficient (Wildman–Crippen LogP) is 2.08. The molecule has 5 nitrogen and oxygen atoms in total. The van der Waals surface area contributed by atoms with Gasteiger partial charge in [-0.3, -0.25) is 9.79 Å². The summed E-state index contributed by atoms with van der Waals surface area (Å²) in [4.78, 5) is 19.2. The molecule has 1 amide bonds. The van der Waals surface area contributed by atoms with Gasteiger partial charge in [-0.05, 0) is 24.3 Å². The van der Waals surface area contributed by atoms with Crippen LogP contribution in [0.3, 0.4) is 0 Å². The maximum atomic E-state index is 11.7. The summed E-state index contributed by atoms with van der Waals surface area (Å²) < 4.78 is 0. The van der Waals surface area contributed by atoms with Crippen molar-refractivity contribution in [3.8, 4) is 0 Å². The van der Waals surface area contributed by atoms with Crippen molar-refractivity contribution in [3.05, 3.63) is 22.4 Å².